The summed E-state index contributed by atoms with van der Waals surface area (Å²) in [6, 6.07) is 5.61. The number of hydrogen-bond acceptors (Lipinski definition) is 5. The molecule has 8 heteroatoms. The maximum atomic E-state index is 12.9. The highest BCUT2D eigenvalue weighted by Crippen LogP contribution is 2.29. The van der Waals surface area contributed by atoms with Gasteiger partial charge in [-0.15, -0.1) is 0 Å². The van der Waals surface area contributed by atoms with Crippen molar-refractivity contribution in [2.75, 3.05) is 26.3 Å². The molecule has 1 atom stereocenters. The summed E-state index contributed by atoms with van der Waals surface area (Å²) in [5, 5.41) is 13.1. The van der Waals surface area contributed by atoms with Crippen LogP contribution in [0, 0.1) is 17.8 Å². The van der Waals surface area contributed by atoms with E-state index in [-0.39, 0.29) is 31.2 Å². The molecule has 0 bridgehead atoms. The van der Waals surface area contributed by atoms with Crippen LogP contribution in [0.1, 0.15) is 45.9 Å². The van der Waals surface area contributed by atoms with Gasteiger partial charge in [-0.3, -0.25) is 9.59 Å². The summed E-state index contributed by atoms with van der Waals surface area (Å²) in [6.07, 6.45) is 3.53. The Hall–Kier alpha value is -3.18. The van der Waals surface area contributed by atoms with Crippen LogP contribution in [0.3, 0.4) is 0 Å². The Labute approximate surface area is 173 Å². The van der Waals surface area contributed by atoms with Crippen LogP contribution in [-0.2, 0) is 6.54 Å². The van der Waals surface area contributed by atoms with Crippen LogP contribution in [0.4, 0.5) is 4.39 Å². The number of nitrogens with one attached hydrogen (secondary N) is 2. The largest absolute Gasteiger partial charge is 0.502 e. The van der Waals surface area contributed by atoms with Gasteiger partial charge in [0.15, 0.2) is 0 Å². The van der Waals surface area contributed by atoms with Gasteiger partial charge < -0.3 is 20.3 Å². The lowest BCUT2D eigenvalue weighted by molar-refractivity contribution is 0.0766. The number of carbonyl (C=O) groups is 1. The molecule has 1 aliphatic heterocycles. The summed E-state index contributed by atoms with van der Waals surface area (Å²) in [5.41, 5.74) is 1.97. The van der Waals surface area contributed by atoms with E-state index in [0.717, 1.165) is 24.0 Å². The fourth-order valence-corrected chi connectivity index (χ4v) is 3.58. The standard InChI is InChI=1S/C22H23FN4O3/c23-7-8-24-10-17(19-20(28)21(29)26-13-25-19)12-27-11-16-9-15(4-3-14-1-2-14)5-6-18(16)22(27)30/h5-6,9,13-14,17,24,28H,1-2,7-8,10-12H2,(H,25,26,29). The summed E-state index contributed by atoms with van der Waals surface area (Å²) in [7, 11) is 0. The molecule has 2 aliphatic rings. The minimum absolute atomic E-state index is 0.119. The quantitative estimate of drug-likeness (QED) is 0.475. The second-order valence-corrected chi connectivity index (χ2v) is 7.66. The van der Waals surface area contributed by atoms with E-state index in [0.29, 0.717) is 18.0 Å². The molecule has 2 aromatic rings. The van der Waals surface area contributed by atoms with E-state index in [1.165, 1.54) is 6.33 Å². The Morgan fingerprint density at radius 3 is 2.97 bits per heavy atom. The Morgan fingerprint density at radius 2 is 2.20 bits per heavy atom. The summed E-state index contributed by atoms with van der Waals surface area (Å²) >= 11 is 0. The van der Waals surface area contributed by atoms with Gasteiger partial charge in [-0.05, 0) is 36.6 Å². The molecule has 0 spiro atoms. The second-order valence-electron chi connectivity index (χ2n) is 7.66. The number of benzene rings is 1. The van der Waals surface area contributed by atoms with Crippen molar-refractivity contribution in [3.8, 4) is 17.6 Å². The first-order valence-corrected chi connectivity index (χ1v) is 10.0. The first kappa shape index (κ1) is 20.1. The van der Waals surface area contributed by atoms with E-state index >= 15 is 0 Å². The number of nitrogens with zero attached hydrogens (tertiary/aromatic N) is 2. The number of carbonyl (C=O) groups excluding carboxylic acids is 1. The fourth-order valence-electron chi connectivity index (χ4n) is 3.58. The molecule has 1 unspecified atom stereocenters. The predicted octanol–water partition coefficient (Wildman–Crippen LogP) is 1.54. The highest BCUT2D eigenvalue weighted by atomic mass is 19.1. The van der Waals surface area contributed by atoms with Crippen LogP contribution >= 0.6 is 0 Å². The van der Waals surface area contributed by atoms with Crippen molar-refractivity contribution in [3.05, 3.63) is 57.3 Å². The SMILES string of the molecule is O=C1c2ccc(C#CC3CC3)cc2CN1CC(CNCCF)c1nc[nH]c(=O)c1O. The lowest BCUT2D eigenvalue weighted by Gasteiger charge is -2.24. The first-order valence-electron chi connectivity index (χ1n) is 10.0. The molecule has 0 radical (unpaired) electrons. The normalized spacial score (nSPS) is 16.2. The van der Waals surface area contributed by atoms with Crippen LogP contribution in [0.15, 0.2) is 29.3 Å². The second kappa shape index (κ2) is 8.67. The Bertz CT molecular complexity index is 1070. The van der Waals surface area contributed by atoms with Crippen molar-refractivity contribution in [1.29, 1.82) is 0 Å². The molecule has 0 saturated heterocycles. The van der Waals surface area contributed by atoms with Gasteiger partial charge in [0.25, 0.3) is 11.5 Å². The number of aromatic nitrogens is 2. The highest BCUT2D eigenvalue weighted by Gasteiger charge is 2.31. The number of fused-ring (bicyclic) bond motifs is 1. The lowest BCUT2D eigenvalue weighted by Crippen LogP contribution is -2.35. The number of aromatic amines is 1. The summed E-state index contributed by atoms with van der Waals surface area (Å²) < 4.78 is 12.5. The fraction of sp³-hybridized carbons (Fsp3) is 0.409. The highest BCUT2D eigenvalue weighted by molar-refractivity contribution is 5.98. The minimum atomic E-state index is -0.648. The molecular weight excluding hydrogens is 387 g/mol. The van der Waals surface area contributed by atoms with Gasteiger partial charge in [-0.1, -0.05) is 11.8 Å². The van der Waals surface area contributed by atoms with Gasteiger partial charge in [0, 0.05) is 49.1 Å². The molecule has 2 heterocycles. The summed E-state index contributed by atoms with van der Waals surface area (Å²) in [4.78, 5) is 32.8. The van der Waals surface area contributed by atoms with E-state index in [4.69, 9.17) is 0 Å². The van der Waals surface area contributed by atoms with Gasteiger partial charge in [-0.25, -0.2) is 9.37 Å². The van der Waals surface area contributed by atoms with Crippen molar-refractivity contribution >= 4 is 5.91 Å². The molecule has 7 nitrogen and oxygen atoms in total. The van der Waals surface area contributed by atoms with Gasteiger partial charge in [0.2, 0.25) is 5.75 Å². The third kappa shape index (κ3) is 4.36. The van der Waals surface area contributed by atoms with E-state index in [2.05, 4.69) is 27.1 Å². The zero-order chi connectivity index (χ0) is 21.1. The third-order valence-electron chi connectivity index (χ3n) is 5.33. The van der Waals surface area contributed by atoms with Crippen LogP contribution in [0.25, 0.3) is 0 Å². The number of halogens is 1. The van der Waals surface area contributed by atoms with Crippen molar-refractivity contribution in [2.24, 2.45) is 5.92 Å². The Morgan fingerprint density at radius 1 is 1.37 bits per heavy atom. The zero-order valence-corrected chi connectivity index (χ0v) is 16.4. The number of amides is 1. The maximum absolute atomic E-state index is 12.9. The third-order valence-corrected chi connectivity index (χ3v) is 5.33. The zero-order valence-electron chi connectivity index (χ0n) is 16.4. The van der Waals surface area contributed by atoms with Gasteiger partial charge >= 0.3 is 0 Å². The summed E-state index contributed by atoms with van der Waals surface area (Å²) in [6.45, 7) is 0.515. The van der Waals surface area contributed by atoms with E-state index < -0.39 is 23.9 Å². The van der Waals surface area contributed by atoms with Crippen LogP contribution in [-0.4, -0.2) is 52.2 Å². The number of hydrogen-bond donors (Lipinski definition) is 3. The van der Waals surface area contributed by atoms with Crippen LogP contribution in [0.2, 0.25) is 0 Å². The summed E-state index contributed by atoms with van der Waals surface area (Å²) in [5.74, 6) is 5.84. The molecule has 1 aliphatic carbocycles. The maximum Gasteiger partial charge on any atom is 0.293 e. The van der Waals surface area contributed by atoms with Gasteiger partial charge in [0.1, 0.15) is 6.67 Å². The minimum Gasteiger partial charge on any atom is -0.502 e. The molecule has 1 fully saturated rings. The van der Waals surface area contributed by atoms with Crippen molar-refractivity contribution in [1.82, 2.24) is 20.2 Å². The van der Waals surface area contributed by atoms with E-state index in [9.17, 15) is 19.1 Å². The Kier molecular flexibility index (Phi) is 5.81. The molecular formula is C22H23FN4O3. The number of aromatic hydroxyl groups is 1. The van der Waals surface area contributed by atoms with Gasteiger partial charge in [0.05, 0.1) is 12.0 Å². The lowest BCUT2D eigenvalue weighted by atomic mass is 10.0. The molecule has 4 rings (SSSR count). The van der Waals surface area contributed by atoms with Crippen LogP contribution in [0.5, 0.6) is 5.75 Å². The Balaban J connectivity index is 1.53. The molecule has 1 aromatic heterocycles. The molecule has 1 amide bonds. The number of H-pyrrole nitrogens is 1. The number of alkyl halides is 1. The monoisotopic (exact) mass is 410 g/mol. The average molecular weight is 410 g/mol. The predicted molar refractivity (Wildman–Crippen MR) is 109 cm³/mol. The molecule has 156 valence electrons. The molecule has 1 saturated carbocycles. The topological polar surface area (TPSA) is 98.3 Å². The molecule has 3 N–H and O–H groups in total. The molecule has 30 heavy (non-hydrogen) atoms. The van der Waals surface area contributed by atoms with E-state index in [1.54, 1.807) is 11.0 Å². The van der Waals surface area contributed by atoms with Crippen molar-refractivity contribution in [3.63, 3.8) is 0 Å². The smallest absolute Gasteiger partial charge is 0.293 e. The average Bonchev–Trinajstić information content (AvgIpc) is 3.52. The van der Waals surface area contributed by atoms with Crippen LogP contribution < -0.4 is 10.9 Å². The van der Waals surface area contributed by atoms with Gasteiger partial charge in [-0.2, -0.15) is 0 Å². The number of rotatable bonds is 7. The first-order chi connectivity index (χ1) is 14.6. The van der Waals surface area contributed by atoms with Crippen molar-refractivity contribution < 1.29 is 14.3 Å². The van der Waals surface area contributed by atoms with E-state index in [1.807, 2.05) is 12.1 Å². The molecule has 1 aromatic carbocycles. The van der Waals surface area contributed by atoms with Crippen molar-refractivity contribution in [2.45, 2.75) is 25.3 Å².